The molecule has 0 aromatic carbocycles. The van der Waals surface area contributed by atoms with Gasteiger partial charge in [-0.2, -0.15) is 0 Å². The minimum absolute atomic E-state index is 0.0916. The van der Waals surface area contributed by atoms with Crippen LogP contribution in [0.5, 0.6) is 0 Å². The van der Waals surface area contributed by atoms with E-state index in [2.05, 4.69) is 0 Å². The summed E-state index contributed by atoms with van der Waals surface area (Å²) in [6.45, 7) is 0. The summed E-state index contributed by atoms with van der Waals surface area (Å²) < 4.78 is 0. The zero-order chi connectivity index (χ0) is 11.7. The molecule has 4 heteroatoms. The molecule has 0 heterocycles. The van der Waals surface area contributed by atoms with E-state index in [4.69, 9.17) is 5.11 Å². The van der Waals surface area contributed by atoms with Gasteiger partial charge in [0.25, 0.3) is 0 Å². The van der Waals surface area contributed by atoms with Crippen LogP contribution in [0.1, 0.15) is 25.7 Å². The maximum absolute atomic E-state index is 12.0. The Balaban J connectivity index is 1.82. The number of hydrogen-bond acceptors (Lipinski definition) is 2. The Bertz CT molecular complexity index is 323. The highest BCUT2D eigenvalue weighted by atomic mass is 16.4. The number of rotatable bonds is 3. The highest BCUT2D eigenvalue weighted by molar-refractivity contribution is 5.80. The van der Waals surface area contributed by atoms with Crippen LogP contribution in [0.4, 0.5) is 0 Å². The third-order valence-corrected chi connectivity index (χ3v) is 3.71. The highest BCUT2D eigenvalue weighted by Crippen LogP contribution is 2.33. The van der Waals surface area contributed by atoms with Gasteiger partial charge >= 0.3 is 5.97 Å². The van der Waals surface area contributed by atoms with Gasteiger partial charge in [-0.1, -0.05) is 12.2 Å². The fraction of sp³-hybridized carbons (Fsp3) is 0.667. The number of allylic oxidation sites excluding steroid dienone is 2. The molecule has 1 saturated carbocycles. The molecular formula is C12H17NO3. The summed E-state index contributed by atoms with van der Waals surface area (Å²) >= 11 is 0. The Kier molecular flexibility index (Phi) is 2.99. The van der Waals surface area contributed by atoms with Crippen molar-refractivity contribution in [2.75, 3.05) is 7.05 Å². The summed E-state index contributed by atoms with van der Waals surface area (Å²) in [6, 6.07) is 0.134. The Morgan fingerprint density at radius 1 is 1.19 bits per heavy atom. The van der Waals surface area contributed by atoms with E-state index in [1.54, 1.807) is 11.9 Å². The number of carbonyl (C=O) groups is 2. The van der Waals surface area contributed by atoms with Gasteiger partial charge in [-0.25, -0.2) is 0 Å². The molecule has 1 amide bonds. The second-order valence-corrected chi connectivity index (χ2v) is 4.75. The molecule has 0 atom stereocenters. The lowest BCUT2D eigenvalue weighted by Gasteiger charge is -2.40. The molecule has 0 aromatic rings. The zero-order valence-electron chi connectivity index (χ0n) is 9.43. The Labute approximate surface area is 94.9 Å². The summed E-state index contributed by atoms with van der Waals surface area (Å²) in [5.74, 6) is -0.727. The normalized spacial score (nSPS) is 28.8. The van der Waals surface area contributed by atoms with E-state index < -0.39 is 5.97 Å². The molecule has 0 radical (unpaired) electrons. The Morgan fingerprint density at radius 3 is 2.25 bits per heavy atom. The highest BCUT2D eigenvalue weighted by Gasteiger charge is 2.39. The molecule has 0 unspecified atom stereocenters. The third kappa shape index (κ3) is 1.96. The van der Waals surface area contributed by atoms with Gasteiger partial charge in [-0.3, -0.25) is 9.59 Å². The Hall–Kier alpha value is -1.32. The molecule has 0 aliphatic heterocycles. The quantitative estimate of drug-likeness (QED) is 0.733. The van der Waals surface area contributed by atoms with Crippen molar-refractivity contribution in [2.45, 2.75) is 31.7 Å². The number of carboxylic acids is 1. The van der Waals surface area contributed by atoms with Gasteiger partial charge < -0.3 is 10.0 Å². The SMILES string of the molecule is CN(C(=O)C1CC=CC1)C1CC(C(=O)O)C1. The second kappa shape index (κ2) is 4.28. The molecule has 2 rings (SSSR count). The summed E-state index contributed by atoms with van der Waals surface area (Å²) in [7, 11) is 1.80. The first-order chi connectivity index (χ1) is 7.59. The molecule has 1 fully saturated rings. The molecule has 0 aromatic heterocycles. The lowest BCUT2D eigenvalue weighted by Crippen LogP contribution is -2.49. The van der Waals surface area contributed by atoms with Crippen molar-refractivity contribution in [3.8, 4) is 0 Å². The van der Waals surface area contributed by atoms with Gasteiger partial charge in [-0.15, -0.1) is 0 Å². The van der Waals surface area contributed by atoms with Gasteiger partial charge in [0.15, 0.2) is 0 Å². The van der Waals surface area contributed by atoms with Crippen molar-refractivity contribution >= 4 is 11.9 Å². The Morgan fingerprint density at radius 2 is 1.75 bits per heavy atom. The van der Waals surface area contributed by atoms with Crippen molar-refractivity contribution in [1.82, 2.24) is 4.90 Å². The van der Waals surface area contributed by atoms with Crippen LogP contribution in [0.25, 0.3) is 0 Å². The average molecular weight is 223 g/mol. The monoisotopic (exact) mass is 223 g/mol. The largest absolute Gasteiger partial charge is 0.481 e. The maximum atomic E-state index is 12.0. The van der Waals surface area contributed by atoms with E-state index in [1.165, 1.54) is 0 Å². The zero-order valence-corrected chi connectivity index (χ0v) is 9.43. The molecule has 0 bridgehead atoms. The molecule has 0 saturated heterocycles. The smallest absolute Gasteiger partial charge is 0.306 e. The minimum Gasteiger partial charge on any atom is -0.481 e. The maximum Gasteiger partial charge on any atom is 0.306 e. The van der Waals surface area contributed by atoms with Crippen LogP contribution < -0.4 is 0 Å². The first-order valence-electron chi connectivity index (χ1n) is 5.74. The van der Waals surface area contributed by atoms with E-state index >= 15 is 0 Å². The lowest BCUT2D eigenvalue weighted by atomic mass is 9.79. The van der Waals surface area contributed by atoms with Gasteiger partial charge in [0.2, 0.25) is 5.91 Å². The number of carboxylic acid groups (broad SMARTS) is 1. The van der Waals surface area contributed by atoms with Gasteiger partial charge in [0, 0.05) is 19.0 Å². The van der Waals surface area contributed by atoms with Gasteiger partial charge in [-0.05, 0) is 25.7 Å². The number of carbonyl (C=O) groups excluding carboxylic acids is 1. The van der Waals surface area contributed by atoms with Crippen LogP contribution in [0.2, 0.25) is 0 Å². The summed E-state index contributed by atoms with van der Waals surface area (Å²) in [4.78, 5) is 24.4. The standard InChI is InChI=1S/C12H17NO3/c1-13(10-6-9(7-10)12(15)16)11(14)8-4-2-3-5-8/h2-3,8-10H,4-7H2,1H3,(H,15,16). The molecule has 88 valence electrons. The van der Waals surface area contributed by atoms with Crippen molar-refractivity contribution in [1.29, 1.82) is 0 Å². The molecule has 4 nitrogen and oxygen atoms in total. The predicted octanol–water partition coefficient (Wildman–Crippen LogP) is 1.27. The lowest BCUT2D eigenvalue weighted by molar-refractivity contribution is -0.151. The van der Waals surface area contributed by atoms with Crippen LogP contribution in [0, 0.1) is 11.8 Å². The number of hydrogen-bond donors (Lipinski definition) is 1. The number of amides is 1. The first kappa shape index (κ1) is 11.2. The fourth-order valence-corrected chi connectivity index (χ4v) is 2.39. The van der Waals surface area contributed by atoms with E-state index in [0.717, 1.165) is 12.8 Å². The van der Waals surface area contributed by atoms with E-state index in [-0.39, 0.29) is 23.8 Å². The second-order valence-electron chi connectivity index (χ2n) is 4.75. The van der Waals surface area contributed by atoms with Crippen LogP contribution in [0.3, 0.4) is 0 Å². The van der Waals surface area contributed by atoms with Crippen LogP contribution in [0.15, 0.2) is 12.2 Å². The predicted molar refractivity (Wildman–Crippen MR) is 58.8 cm³/mol. The summed E-state index contributed by atoms with van der Waals surface area (Å²) in [5.41, 5.74) is 0. The molecular weight excluding hydrogens is 206 g/mol. The number of aliphatic carboxylic acids is 1. The van der Waals surface area contributed by atoms with Crippen molar-refractivity contribution in [3.05, 3.63) is 12.2 Å². The average Bonchev–Trinajstić information content (AvgIpc) is 2.65. The van der Waals surface area contributed by atoms with Crippen LogP contribution >= 0.6 is 0 Å². The molecule has 16 heavy (non-hydrogen) atoms. The minimum atomic E-state index is -0.736. The van der Waals surface area contributed by atoms with E-state index in [9.17, 15) is 9.59 Å². The third-order valence-electron chi connectivity index (χ3n) is 3.71. The molecule has 2 aliphatic rings. The summed E-state index contributed by atoms with van der Waals surface area (Å²) in [5, 5.41) is 8.77. The molecule has 1 N–H and O–H groups in total. The molecule has 2 aliphatic carbocycles. The van der Waals surface area contributed by atoms with E-state index in [0.29, 0.717) is 12.8 Å². The first-order valence-corrected chi connectivity index (χ1v) is 5.74. The van der Waals surface area contributed by atoms with Crippen molar-refractivity contribution in [3.63, 3.8) is 0 Å². The molecule has 0 spiro atoms. The fourth-order valence-electron chi connectivity index (χ4n) is 2.39. The van der Waals surface area contributed by atoms with Crippen molar-refractivity contribution in [2.24, 2.45) is 11.8 Å². The topological polar surface area (TPSA) is 57.6 Å². The van der Waals surface area contributed by atoms with Gasteiger partial charge in [0.05, 0.1) is 5.92 Å². The van der Waals surface area contributed by atoms with E-state index in [1.807, 2.05) is 12.2 Å². The van der Waals surface area contributed by atoms with Crippen molar-refractivity contribution < 1.29 is 14.7 Å². The van der Waals surface area contributed by atoms with Crippen LogP contribution in [-0.2, 0) is 9.59 Å². The van der Waals surface area contributed by atoms with Crippen LogP contribution in [-0.4, -0.2) is 35.0 Å². The summed E-state index contributed by atoms with van der Waals surface area (Å²) in [6.07, 6.45) is 6.96. The number of nitrogens with zero attached hydrogens (tertiary/aromatic N) is 1. The van der Waals surface area contributed by atoms with Gasteiger partial charge in [0.1, 0.15) is 0 Å².